The van der Waals surface area contributed by atoms with Crippen molar-refractivity contribution in [3.05, 3.63) is 59.8 Å². The Morgan fingerprint density at radius 3 is 2.50 bits per heavy atom. The van der Waals surface area contributed by atoms with Crippen LogP contribution in [0.1, 0.15) is 16.1 Å². The second-order valence-corrected chi connectivity index (χ2v) is 8.19. The summed E-state index contributed by atoms with van der Waals surface area (Å²) in [5, 5.41) is 11.7. The minimum Gasteiger partial charge on any atom is -0.486 e. The number of nitrogens with two attached hydrogens (primary N) is 1. The second-order valence-electron chi connectivity index (χ2n) is 6.63. The third kappa shape index (κ3) is 4.44. The predicted molar refractivity (Wildman–Crippen MR) is 107 cm³/mol. The third-order valence-electron chi connectivity index (χ3n) is 4.52. The molecule has 156 valence electrons. The summed E-state index contributed by atoms with van der Waals surface area (Å²) < 4.78 is 38.9. The summed E-state index contributed by atoms with van der Waals surface area (Å²) in [6, 6.07) is 13.1. The molecule has 0 radical (unpaired) electrons. The monoisotopic (exact) mass is 429 g/mol. The fraction of sp³-hybridized carbons (Fsp3) is 0.200. The minimum absolute atomic E-state index is 0.0459. The third-order valence-corrected chi connectivity index (χ3v) is 5.45. The molecule has 9 nitrogen and oxygen atoms in total. The van der Waals surface area contributed by atoms with E-state index in [4.69, 9.17) is 19.1 Å². The van der Waals surface area contributed by atoms with Crippen LogP contribution in [0.2, 0.25) is 0 Å². The van der Waals surface area contributed by atoms with E-state index in [2.05, 4.69) is 10.5 Å². The molecule has 0 fully saturated rings. The summed E-state index contributed by atoms with van der Waals surface area (Å²) in [4.78, 5) is 12.4. The Morgan fingerprint density at radius 1 is 1.03 bits per heavy atom. The zero-order valence-electron chi connectivity index (χ0n) is 15.8. The van der Waals surface area contributed by atoms with Crippen molar-refractivity contribution in [2.75, 3.05) is 19.8 Å². The summed E-state index contributed by atoms with van der Waals surface area (Å²) in [7, 11) is -3.72. The molecule has 2 aromatic carbocycles. The number of nitrogens with zero attached hydrogens (tertiary/aromatic N) is 1. The van der Waals surface area contributed by atoms with Gasteiger partial charge in [0.15, 0.2) is 23.0 Å². The molecule has 1 aromatic heterocycles. The fourth-order valence-corrected chi connectivity index (χ4v) is 3.49. The van der Waals surface area contributed by atoms with E-state index in [9.17, 15) is 13.2 Å². The molecule has 0 aliphatic carbocycles. The van der Waals surface area contributed by atoms with Crippen molar-refractivity contribution in [3.8, 4) is 22.8 Å². The summed E-state index contributed by atoms with van der Waals surface area (Å²) in [6.07, 6.45) is 0.517. The van der Waals surface area contributed by atoms with E-state index in [1.165, 1.54) is 12.1 Å². The van der Waals surface area contributed by atoms with Gasteiger partial charge in [0.05, 0.1) is 4.90 Å². The van der Waals surface area contributed by atoms with Gasteiger partial charge in [0.2, 0.25) is 10.0 Å². The standard InChI is InChI=1S/C20H19N3O6S/c21-30(25,26)15-4-1-13(2-5-15)7-8-22-20(24)16-12-18(29-23-16)14-3-6-17-19(11-14)28-10-9-27-17/h1-6,11-12H,7-10H2,(H,22,24)(H2,21,25,26). The lowest BCUT2D eigenvalue weighted by molar-refractivity contribution is 0.0945. The van der Waals surface area contributed by atoms with Gasteiger partial charge in [-0.05, 0) is 42.3 Å². The number of sulfonamides is 1. The number of aromatic nitrogens is 1. The molecule has 30 heavy (non-hydrogen) atoms. The molecular formula is C20H19N3O6S. The number of nitrogens with one attached hydrogen (secondary N) is 1. The molecule has 0 unspecified atom stereocenters. The summed E-state index contributed by atoms with van der Waals surface area (Å²) >= 11 is 0. The zero-order chi connectivity index (χ0) is 21.1. The highest BCUT2D eigenvalue weighted by Crippen LogP contribution is 2.34. The number of amides is 1. The van der Waals surface area contributed by atoms with E-state index in [-0.39, 0.29) is 16.5 Å². The number of benzene rings is 2. The zero-order valence-corrected chi connectivity index (χ0v) is 16.6. The van der Waals surface area contributed by atoms with Crippen LogP contribution >= 0.6 is 0 Å². The first-order valence-corrected chi connectivity index (χ1v) is 10.7. The van der Waals surface area contributed by atoms with Crippen LogP contribution in [0.15, 0.2) is 57.9 Å². The van der Waals surface area contributed by atoms with E-state index < -0.39 is 10.0 Å². The lowest BCUT2D eigenvalue weighted by Crippen LogP contribution is -2.25. The van der Waals surface area contributed by atoms with Crippen molar-refractivity contribution in [1.29, 1.82) is 0 Å². The molecular weight excluding hydrogens is 410 g/mol. The average Bonchev–Trinajstić information content (AvgIpc) is 3.23. The molecule has 0 saturated carbocycles. The number of carbonyl (C=O) groups is 1. The van der Waals surface area contributed by atoms with E-state index >= 15 is 0 Å². The maximum absolute atomic E-state index is 12.3. The summed E-state index contributed by atoms with van der Waals surface area (Å²) in [6.45, 7) is 1.33. The van der Waals surface area contributed by atoms with Crippen LogP contribution in [0.25, 0.3) is 11.3 Å². The van der Waals surface area contributed by atoms with Crippen molar-refractivity contribution in [1.82, 2.24) is 10.5 Å². The number of primary sulfonamides is 1. The maximum Gasteiger partial charge on any atom is 0.273 e. The van der Waals surface area contributed by atoms with Gasteiger partial charge in [-0.3, -0.25) is 4.79 Å². The highest BCUT2D eigenvalue weighted by molar-refractivity contribution is 7.89. The quantitative estimate of drug-likeness (QED) is 0.609. The van der Waals surface area contributed by atoms with Gasteiger partial charge in [-0.25, -0.2) is 13.6 Å². The molecule has 1 aliphatic heterocycles. The SMILES string of the molecule is NS(=O)(=O)c1ccc(CCNC(=O)c2cc(-c3ccc4c(c3)OCCO4)on2)cc1. The highest BCUT2D eigenvalue weighted by Gasteiger charge is 2.17. The minimum atomic E-state index is -3.72. The molecule has 2 heterocycles. The van der Waals surface area contributed by atoms with Crippen LogP contribution in [0.3, 0.4) is 0 Å². The van der Waals surface area contributed by atoms with Crippen LogP contribution in [-0.2, 0) is 16.4 Å². The van der Waals surface area contributed by atoms with Crippen LogP contribution in [-0.4, -0.2) is 39.2 Å². The van der Waals surface area contributed by atoms with Crippen molar-refractivity contribution < 1.29 is 27.2 Å². The molecule has 0 spiro atoms. The van der Waals surface area contributed by atoms with E-state index in [0.717, 1.165) is 11.1 Å². The molecule has 10 heteroatoms. The number of hydrogen-bond donors (Lipinski definition) is 2. The largest absolute Gasteiger partial charge is 0.486 e. The van der Waals surface area contributed by atoms with Gasteiger partial charge in [-0.15, -0.1) is 0 Å². The molecule has 1 amide bonds. The van der Waals surface area contributed by atoms with E-state index in [1.807, 2.05) is 0 Å². The molecule has 3 N–H and O–H groups in total. The maximum atomic E-state index is 12.3. The predicted octanol–water partition coefficient (Wildman–Crippen LogP) is 1.73. The van der Waals surface area contributed by atoms with Crippen LogP contribution in [0, 0.1) is 0 Å². The van der Waals surface area contributed by atoms with Gasteiger partial charge in [-0.1, -0.05) is 17.3 Å². The van der Waals surface area contributed by atoms with E-state index in [0.29, 0.717) is 43.4 Å². The lowest BCUT2D eigenvalue weighted by atomic mass is 10.1. The molecule has 0 saturated heterocycles. The Morgan fingerprint density at radius 2 is 1.77 bits per heavy atom. The summed E-state index contributed by atoms with van der Waals surface area (Å²) in [5.41, 5.74) is 1.74. The smallest absolute Gasteiger partial charge is 0.273 e. The Balaban J connectivity index is 1.35. The first-order valence-electron chi connectivity index (χ1n) is 9.17. The van der Waals surface area contributed by atoms with Gasteiger partial charge in [0, 0.05) is 18.2 Å². The normalized spacial score (nSPS) is 13.1. The van der Waals surface area contributed by atoms with Crippen molar-refractivity contribution in [2.45, 2.75) is 11.3 Å². The molecule has 0 atom stereocenters. The number of fused-ring (bicyclic) bond motifs is 1. The molecule has 3 aromatic rings. The highest BCUT2D eigenvalue weighted by atomic mass is 32.2. The van der Waals surface area contributed by atoms with Gasteiger partial charge in [0.25, 0.3) is 5.91 Å². The number of carbonyl (C=O) groups excluding carboxylic acids is 1. The van der Waals surface area contributed by atoms with Gasteiger partial charge in [-0.2, -0.15) is 0 Å². The summed E-state index contributed by atoms with van der Waals surface area (Å²) in [5.74, 6) is 1.36. The van der Waals surface area contributed by atoms with Crippen molar-refractivity contribution in [3.63, 3.8) is 0 Å². The number of ether oxygens (including phenoxy) is 2. The number of hydrogen-bond acceptors (Lipinski definition) is 7. The Hall–Kier alpha value is -3.37. The molecule has 1 aliphatic rings. The van der Waals surface area contributed by atoms with Crippen LogP contribution in [0.5, 0.6) is 11.5 Å². The Bertz CT molecular complexity index is 1170. The van der Waals surface area contributed by atoms with Gasteiger partial charge in [0.1, 0.15) is 13.2 Å². The number of rotatable bonds is 6. The molecule has 4 rings (SSSR count). The molecule has 0 bridgehead atoms. The first-order chi connectivity index (χ1) is 14.4. The second kappa shape index (κ2) is 8.17. The topological polar surface area (TPSA) is 134 Å². The van der Waals surface area contributed by atoms with Crippen molar-refractivity contribution >= 4 is 15.9 Å². The Labute approximate surface area is 172 Å². The van der Waals surface area contributed by atoms with E-state index in [1.54, 1.807) is 36.4 Å². The fourth-order valence-electron chi connectivity index (χ4n) is 2.97. The Kier molecular flexibility index (Phi) is 5.42. The lowest BCUT2D eigenvalue weighted by Gasteiger charge is -2.18. The van der Waals surface area contributed by atoms with Crippen LogP contribution in [0.4, 0.5) is 0 Å². The van der Waals surface area contributed by atoms with Gasteiger partial charge >= 0.3 is 0 Å². The average molecular weight is 429 g/mol. The van der Waals surface area contributed by atoms with Crippen LogP contribution < -0.4 is 19.9 Å². The first kappa shape index (κ1) is 19.9. The van der Waals surface area contributed by atoms with Crippen molar-refractivity contribution in [2.24, 2.45) is 5.14 Å². The van der Waals surface area contributed by atoms with Gasteiger partial charge < -0.3 is 19.3 Å².